The molecule has 0 saturated carbocycles. The second-order valence-corrected chi connectivity index (χ2v) is 6.25. The van der Waals surface area contributed by atoms with E-state index in [1.165, 1.54) is 0 Å². The van der Waals surface area contributed by atoms with Gasteiger partial charge in [-0.05, 0) is 36.8 Å². The highest BCUT2D eigenvalue weighted by Gasteiger charge is 2.18. The van der Waals surface area contributed by atoms with Crippen molar-refractivity contribution < 1.29 is 13.7 Å². The fourth-order valence-electron chi connectivity index (χ4n) is 2.20. The van der Waals surface area contributed by atoms with Gasteiger partial charge in [0.2, 0.25) is 0 Å². The zero-order valence-electron chi connectivity index (χ0n) is 13.4. The minimum absolute atomic E-state index is 0.140. The van der Waals surface area contributed by atoms with E-state index in [1.54, 1.807) is 18.9 Å². The van der Waals surface area contributed by atoms with Crippen LogP contribution in [0.1, 0.15) is 26.7 Å². The molecule has 0 bridgehead atoms. The monoisotopic (exact) mass is 320 g/mol. The molecule has 0 atom stereocenters. The lowest BCUT2D eigenvalue weighted by Gasteiger charge is -2.08. The van der Waals surface area contributed by atoms with Crippen LogP contribution in [0.2, 0.25) is 0 Å². The first-order valence-electron chi connectivity index (χ1n) is 7.69. The molecule has 0 spiro atoms. The van der Waals surface area contributed by atoms with E-state index in [0.717, 1.165) is 41.3 Å². The number of benzene rings is 1. The molecule has 0 aliphatic heterocycles. The number of pyridine rings is 1. The number of ether oxygens (including phenoxy) is 1. The highest BCUT2D eigenvalue weighted by molar-refractivity contribution is 7.99. The Morgan fingerprint density at radius 2 is 2.05 bits per heavy atom. The van der Waals surface area contributed by atoms with Crippen LogP contribution in [0.4, 0.5) is 4.39 Å². The zero-order valence-corrected chi connectivity index (χ0v) is 14.3. The van der Waals surface area contributed by atoms with Gasteiger partial charge in [-0.2, -0.15) is 0 Å². The van der Waals surface area contributed by atoms with E-state index in [0.29, 0.717) is 5.56 Å². The van der Waals surface area contributed by atoms with Crippen molar-refractivity contribution in [3.8, 4) is 16.9 Å². The third kappa shape index (κ3) is 4.01. The summed E-state index contributed by atoms with van der Waals surface area (Å²) in [6.07, 6.45) is 5.99. The Morgan fingerprint density at radius 3 is 2.73 bits per heavy atom. The van der Waals surface area contributed by atoms with Crippen LogP contribution in [-0.4, -0.2) is 12.9 Å². The van der Waals surface area contributed by atoms with E-state index in [4.69, 9.17) is 4.74 Å². The Labute approximate surface area is 136 Å². The first kappa shape index (κ1) is 16.8. The number of rotatable bonds is 7. The first-order chi connectivity index (χ1) is 10.7. The summed E-state index contributed by atoms with van der Waals surface area (Å²) in [6, 6.07) is 7.55. The van der Waals surface area contributed by atoms with Crippen molar-refractivity contribution in [2.75, 3.05) is 12.9 Å². The fraction of sp³-hybridized carbons (Fsp3) is 0.389. The van der Waals surface area contributed by atoms with Crippen LogP contribution in [0.5, 0.6) is 5.75 Å². The lowest BCUT2D eigenvalue weighted by molar-refractivity contribution is -0.695. The summed E-state index contributed by atoms with van der Waals surface area (Å²) < 4.78 is 22.1. The third-order valence-corrected chi connectivity index (χ3v) is 4.62. The molecule has 1 heterocycles. The van der Waals surface area contributed by atoms with Gasteiger partial charge in [0, 0.05) is 0 Å². The van der Waals surface area contributed by atoms with Crippen molar-refractivity contribution >= 4 is 11.8 Å². The predicted molar refractivity (Wildman–Crippen MR) is 89.9 cm³/mol. The zero-order chi connectivity index (χ0) is 15.9. The van der Waals surface area contributed by atoms with E-state index < -0.39 is 0 Å². The number of thioether (sulfide) groups is 1. The van der Waals surface area contributed by atoms with E-state index in [2.05, 4.69) is 13.8 Å². The van der Waals surface area contributed by atoms with Gasteiger partial charge in [0.15, 0.2) is 18.2 Å². The van der Waals surface area contributed by atoms with Crippen LogP contribution in [0, 0.1) is 5.82 Å². The van der Waals surface area contributed by atoms with Crippen molar-refractivity contribution in [3.63, 3.8) is 0 Å². The highest BCUT2D eigenvalue weighted by atomic mass is 32.2. The second kappa shape index (κ2) is 8.18. The maximum atomic E-state index is 14.9. The van der Waals surface area contributed by atoms with Crippen LogP contribution in [0.15, 0.2) is 41.6 Å². The second-order valence-electron chi connectivity index (χ2n) is 5.11. The molecule has 1 aromatic heterocycles. The van der Waals surface area contributed by atoms with Crippen molar-refractivity contribution in [2.24, 2.45) is 0 Å². The largest absolute Gasteiger partial charge is 0.497 e. The Morgan fingerprint density at radius 1 is 1.23 bits per heavy atom. The summed E-state index contributed by atoms with van der Waals surface area (Å²) in [4.78, 5) is 0.718. The van der Waals surface area contributed by atoms with E-state index in [1.807, 2.05) is 41.2 Å². The number of aryl methyl sites for hydroxylation is 1. The molecule has 0 unspecified atom stereocenters. The molecular formula is C18H23FNOS+. The van der Waals surface area contributed by atoms with Gasteiger partial charge in [-0.25, -0.2) is 8.96 Å². The van der Waals surface area contributed by atoms with Crippen LogP contribution >= 0.6 is 11.8 Å². The number of aromatic nitrogens is 1. The normalized spacial score (nSPS) is 10.7. The maximum absolute atomic E-state index is 14.9. The first-order valence-corrected chi connectivity index (χ1v) is 8.68. The van der Waals surface area contributed by atoms with Crippen molar-refractivity contribution in [3.05, 3.63) is 42.5 Å². The van der Waals surface area contributed by atoms with Crippen molar-refractivity contribution in [1.82, 2.24) is 0 Å². The molecule has 2 rings (SSSR count). The lowest BCUT2D eigenvalue weighted by Crippen LogP contribution is -2.32. The minimum Gasteiger partial charge on any atom is -0.497 e. The van der Waals surface area contributed by atoms with Crippen LogP contribution in [0.25, 0.3) is 11.1 Å². The number of hydrogen-bond acceptors (Lipinski definition) is 2. The molecule has 0 amide bonds. The van der Waals surface area contributed by atoms with Gasteiger partial charge in [0.25, 0.3) is 0 Å². The van der Waals surface area contributed by atoms with Gasteiger partial charge in [0.05, 0.1) is 12.7 Å². The number of methoxy groups -OCH3 is 1. The topological polar surface area (TPSA) is 13.1 Å². The molecule has 118 valence electrons. The number of nitrogens with zero attached hydrogens (tertiary/aromatic N) is 1. The molecule has 0 saturated heterocycles. The molecule has 0 aliphatic carbocycles. The average molecular weight is 320 g/mol. The van der Waals surface area contributed by atoms with Gasteiger partial charge in [-0.1, -0.05) is 25.5 Å². The van der Waals surface area contributed by atoms with Crippen molar-refractivity contribution in [2.45, 2.75) is 38.1 Å². The standard InChI is InChI=1S/C18H23FNOS/c1-4-6-10-22-17-13-20(5-2)12-16(18(17)19)14-8-7-9-15(11-14)21-3/h7-9,11-13H,4-6,10H2,1-3H3/q+1. The minimum atomic E-state index is -0.140. The molecule has 0 aliphatic rings. The van der Waals surface area contributed by atoms with Gasteiger partial charge in [0.1, 0.15) is 17.2 Å². The molecule has 2 nitrogen and oxygen atoms in total. The van der Waals surface area contributed by atoms with E-state index in [9.17, 15) is 4.39 Å². The van der Waals surface area contributed by atoms with E-state index >= 15 is 0 Å². The third-order valence-electron chi connectivity index (χ3n) is 3.53. The molecule has 0 radical (unpaired) electrons. The number of halogens is 1. The molecule has 2 aromatic rings. The molecule has 4 heteroatoms. The molecule has 22 heavy (non-hydrogen) atoms. The number of hydrogen-bond donors (Lipinski definition) is 0. The predicted octanol–water partition coefficient (Wildman–Crippen LogP) is 4.70. The fourth-order valence-corrected chi connectivity index (χ4v) is 3.30. The Hall–Kier alpha value is -1.55. The average Bonchev–Trinajstić information content (AvgIpc) is 2.56. The van der Waals surface area contributed by atoms with Gasteiger partial charge < -0.3 is 4.74 Å². The van der Waals surface area contributed by atoms with Crippen LogP contribution in [-0.2, 0) is 6.54 Å². The van der Waals surface area contributed by atoms with E-state index in [-0.39, 0.29) is 5.82 Å². The molecular weight excluding hydrogens is 297 g/mol. The SMILES string of the molecule is CCCCSc1c[n+](CC)cc(-c2cccc(OC)c2)c1F. The van der Waals surface area contributed by atoms with Crippen molar-refractivity contribution in [1.29, 1.82) is 0 Å². The molecule has 1 aromatic carbocycles. The Kier molecular flexibility index (Phi) is 6.25. The molecule has 0 fully saturated rings. The van der Waals surface area contributed by atoms with Crippen LogP contribution in [0.3, 0.4) is 0 Å². The summed E-state index contributed by atoms with van der Waals surface area (Å²) in [5, 5.41) is 0. The maximum Gasteiger partial charge on any atom is 0.185 e. The smallest absolute Gasteiger partial charge is 0.185 e. The number of unbranched alkanes of at least 4 members (excludes halogenated alkanes) is 1. The van der Waals surface area contributed by atoms with Crippen LogP contribution < -0.4 is 9.30 Å². The molecule has 0 N–H and O–H groups in total. The highest BCUT2D eigenvalue weighted by Crippen LogP contribution is 2.31. The van der Waals surface area contributed by atoms with Gasteiger partial charge in [-0.15, -0.1) is 11.8 Å². The summed E-state index contributed by atoms with van der Waals surface area (Å²) >= 11 is 1.59. The summed E-state index contributed by atoms with van der Waals surface area (Å²) in [5.41, 5.74) is 1.47. The van der Waals surface area contributed by atoms with Gasteiger partial charge in [-0.3, -0.25) is 0 Å². The summed E-state index contributed by atoms with van der Waals surface area (Å²) in [7, 11) is 1.62. The lowest BCUT2D eigenvalue weighted by atomic mass is 10.1. The summed E-state index contributed by atoms with van der Waals surface area (Å²) in [6.45, 7) is 5.03. The quantitative estimate of drug-likeness (QED) is 0.417. The summed E-state index contributed by atoms with van der Waals surface area (Å²) in [5.74, 6) is 1.54. The Bertz CT molecular complexity index is 630. The van der Waals surface area contributed by atoms with Gasteiger partial charge >= 0.3 is 0 Å². The Balaban J connectivity index is 2.42.